The maximum atomic E-state index is 12.3. The Morgan fingerprint density at radius 3 is 2.76 bits per heavy atom. The summed E-state index contributed by atoms with van der Waals surface area (Å²) in [6, 6.07) is 16.0. The average molecular weight is 407 g/mol. The molecule has 0 fully saturated rings. The molecular formula is C22H22N4O2S. The Hall–Kier alpha value is -3.19. The Balaban J connectivity index is 1.43. The van der Waals surface area contributed by atoms with Gasteiger partial charge in [-0.2, -0.15) is 4.98 Å². The molecule has 2 aromatic carbocycles. The number of hydrogen-bond acceptors (Lipinski definition) is 5. The van der Waals surface area contributed by atoms with E-state index >= 15 is 0 Å². The van der Waals surface area contributed by atoms with Crippen LogP contribution in [0.1, 0.15) is 30.9 Å². The normalized spacial score (nSPS) is 11.2. The zero-order valence-corrected chi connectivity index (χ0v) is 17.4. The molecule has 0 aliphatic heterocycles. The lowest BCUT2D eigenvalue weighted by atomic mass is 10.0. The predicted octanol–water partition coefficient (Wildman–Crippen LogP) is 4.91. The van der Waals surface area contributed by atoms with Gasteiger partial charge in [-0.05, 0) is 30.5 Å². The number of rotatable bonds is 6. The summed E-state index contributed by atoms with van der Waals surface area (Å²) in [6.45, 7) is 6.19. The number of hydrogen-bond donors (Lipinski definition) is 1. The molecule has 0 saturated heterocycles. The van der Waals surface area contributed by atoms with Crippen molar-refractivity contribution in [3.63, 3.8) is 0 Å². The minimum atomic E-state index is -0.296. The van der Waals surface area contributed by atoms with E-state index in [1.807, 2.05) is 29.6 Å². The first-order chi connectivity index (χ1) is 14.0. The quantitative estimate of drug-likeness (QED) is 0.494. The highest BCUT2D eigenvalue weighted by molar-refractivity contribution is 7.15. The zero-order chi connectivity index (χ0) is 20.4. The Morgan fingerprint density at radius 1 is 1.21 bits per heavy atom. The lowest BCUT2D eigenvalue weighted by Gasteiger charge is -2.09. The van der Waals surface area contributed by atoms with E-state index in [2.05, 4.69) is 60.4 Å². The molecule has 2 aromatic heterocycles. The SMILES string of the molecule is Cc1ccc(-c2csc3nc(NC(=O)COc4cccc(C(C)C)c4)nn23)cc1. The van der Waals surface area contributed by atoms with Crippen LogP contribution in [0, 0.1) is 6.92 Å². The summed E-state index contributed by atoms with van der Waals surface area (Å²) in [5.74, 6) is 1.05. The lowest BCUT2D eigenvalue weighted by Crippen LogP contribution is -2.21. The third-order valence-corrected chi connectivity index (χ3v) is 5.39. The van der Waals surface area contributed by atoms with Gasteiger partial charge in [0.25, 0.3) is 11.9 Å². The summed E-state index contributed by atoms with van der Waals surface area (Å²) >= 11 is 1.48. The number of ether oxygens (including phenoxy) is 1. The monoisotopic (exact) mass is 406 g/mol. The molecule has 1 amide bonds. The highest BCUT2D eigenvalue weighted by atomic mass is 32.1. The fourth-order valence-corrected chi connectivity index (χ4v) is 3.76. The molecule has 7 heteroatoms. The molecule has 6 nitrogen and oxygen atoms in total. The van der Waals surface area contributed by atoms with Crippen molar-refractivity contribution >= 4 is 28.2 Å². The van der Waals surface area contributed by atoms with Gasteiger partial charge in [-0.15, -0.1) is 16.4 Å². The number of aromatic nitrogens is 3. The van der Waals surface area contributed by atoms with Gasteiger partial charge in [0.05, 0.1) is 5.69 Å². The van der Waals surface area contributed by atoms with Gasteiger partial charge in [0.15, 0.2) is 6.61 Å². The average Bonchev–Trinajstić information content (AvgIpc) is 3.27. The Labute approximate surface area is 173 Å². The molecule has 1 N–H and O–H groups in total. The summed E-state index contributed by atoms with van der Waals surface area (Å²) in [7, 11) is 0. The minimum absolute atomic E-state index is 0.0980. The number of nitrogens with zero attached hydrogens (tertiary/aromatic N) is 3. The van der Waals surface area contributed by atoms with Crippen molar-refractivity contribution in [1.82, 2.24) is 14.6 Å². The topological polar surface area (TPSA) is 68.5 Å². The standard InChI is InChI=1S/C22H22N4O2S/c1-14(2)17-5-4-6-18(11-17)28-12-20(27)23-21-24-22-26(25-21)19(13-29-22)16-9-7-15(3)8-10-16/h4-11,13-14H,12H2,1-3H3,(H,23,25,27). The number of anilines is 1. The highest BCUT2D eigenvalue weighted by Crippen LogP contribution is 2.26. The number of carbonyl (C=O) groups is 1. The maximum Gasteiger partial charge on any atom is 0.264 e. The van der Waals surface area contributed by atoms with Crippen molar-refractivity contribution in [2.45, 2.75) is 26.7 Å². The van der Waals surface area contributed by atoms with E-state index in [1.54, 1.807) is 4.52 Å². The van der Waals surface area contributed by atoms with Crippen molar-refractivity contribution in [2.75, 3.05) is 11.9 Å². The number of amides is 1. The molecule has 0 aliphatic carbocycles. The third kappa shape index (κ3) is 4.30. The van der Waals surface area contributed by atoms with Gasteiger partial charge in [0.1, 0.15) is 5.75 Å². The summed E-state index contributed by atoms with van der Waals surface area (Å²) < 4.78 is 7.37. The second kappa shape index (κ2) is 8.05. The summed E-state index contributed by atoms with van der Waals surface area (Å²) in [5, 5.41) is 9.16. The molecule has 0 aliphatic rings. The largest absolute Gasteiger partial charge is 0.484 e. The molecule has 0 saturated carbocycles. The van der Waals surface area contributed by atoms with Gasteiger partial charge in [0, 0.05) is 10.9 Å². The molecule has 4 rings (SSSR count). The first-order valence-corrected chi connectivity index (χ1v) is 10.3. The fraction of sp³-hybridized carbons (Fsp3) is 0.227. The smallest absolute Gasteiger partial charge is 0.264 e. The van der Waals surface area contributed by atoms with Crippen LogP contribution in [0.15, 0.2) is 53.9 Å². The maximum absolute atomic E-state index is 12.3. The van der Waals surface area contributed by atoms with Crippen LogP contribution in [0.25, 0.3) is 16.2 Å². The predicted molar refractivity (Wildman–Crippen MR) is 116 cm³/mol. The number of nitrogens with one attached hydrogen (secondary N) is 1. The first-order valence-electron chi connectivity index (χ1n) is 9.43. The van der Waals surface area contributed by atoms with Crippen molar-refractivity contribution in [3.05, 3.63) is 65.0 Å². The van der Waals surface area contributed by atoms with Crippen LogP contribution in [0.4, 0.5) is 5.95 Å². The molecule has 148 valence electrons. The van der Waals surface area contributed by atoms with Gasteiger partial charge in [-0.3, -0.25) is 10.1 Å². The van der Waals surface area contributed by atoms with Crippen LogP contribution in [-0.2, 0) is 4.79 Å². The van der Waals surface area contributed by atoms with Crippen molar-refractivity contribution in [2.24, 2.45) is 0 Å². The fourth-order valence-electron chi connectivity index (χ4n) is 2.93. The van der Waals surface area contributed by atoms with Crippen molar-refractivity contribution in [3.8, 4) is 17.0 Å². The molecule has 2 heterocycles. The number of benzene rings is 2. The summed E-state index contributed by atoms with van der Waals surface area (Å²) in [5.41, 5.74) is 4.37. The van der Waals surface area contributed by atoms with Gasteiger partial charge in [-0.25, -0.2) is 4.52 Å². The number of fused-ring (bicyclic) bond motifs is 1. The van der Waals surface area contributed by atoms with E-state index in [9.17, 15) is 4.79 Å². The third-order valence-electron chi connectivity index (χ3n) is 4.57. The highest BCUT2D eigenvalue weighted by Gasteiger charge is 2.14. The number of carbonyl (C=O) groups excluding carboxylic acids is 1. The molecule has 29 heavy (non-hydrogen) atoms. The molecule has 0 bridgehead atoms. The van der Waals surface area contributed by atoms with Crippen LogP contribution in [0.2, 0.25) is 0 Å². The number of thiazole rings is 1. The Bertz CT molecular complexity index is 1150. The van der Waals surface area contributed by atoms with E-state index in [4.69, 9.17) is 4.74 Å². The number of aryl methyl sites for hydroxylation is 1. The lowest BCUT2D eigenvalue weighted by molar-refractivity contribution is -0.118. The second-order valence-corrected chi connectivity index (χ2v) is 8.02. The van der Waals surface area contributed by atoms with E-state index in [-0.39, 0.29) is 18.5 Å². The van der Waals surface area contributed by atoms with Crippen LogP contribution in [0.5, 0.6) is 5.75 Å². The Morgan fingerprint density at radius 2 is 2.00 bits per heavy atom. The van der Waals surface area contributed by atoms with Crippen molar-refractivity contribution in [1.29, 1.82) is 0 Å². The molecule has 0 atom stereocenters. The zero-order valence-electron chi connectivity index (χ0n) is 16.5. The van der Waals surface area contributed by atoms with E-state index in [1.165, 1.54) is 22.5 Å². The van der Waals surface area contributed by atoms with Crippen LogP contribution in [-0.4, -0.2) is 27.1 Å². The Kier molecular flexibility index (Phi) is 5.31. The van der Waals surface area contributed by atoms with Crippen molar-refractivity contribution < 1.29 is 9.53 Å². The molecular weight excluding hydrogens is 384 g/mol. The van der Waals surface area contributed by atoms with Gasteiger partial charge >= 0.3 is 0 Å². The van der Waals surface area contributed by atoms with E-state index in [0.717, 1.165) is 16.2 Å². The van der Waals surface area contributed by atoms with Gasteiger partial charge < -0.3 is 4.74 Å². The minimum Gasteiger partial charge on any atom is -0.484 e. The molecule has 0 unspecified atom stereocenters. The van der Waals surface area contributed by atoms with Crippen LogP contribution in [0.3, 0.4) is 0 Å². The van der Waals surface area contributed by atoms with Gasteiger partial charge in [-0.1, -0.05) is 55.8 Å². The van der Waals surface area contributed by atoms with Gasteiger partial charge in [0.2, 0.25) is 4.96 Å². The summed E-state index contributed by atoms with van der Waals surface area (Å²) in [4.78, 5) is 17.4. The summed E-state index contributed by atoms with van der Waals surface area (Å²) in [6.07, 6.45) is 0. The van der Waals surface area contributed by atoms with E-state index < -0.39 is 0 Å². The molecule has 0 spiro atoms. The van der Waals surface area contributed by atoms with E-state index in [0.29, 0.717) is 11.7 Å². The van der Waals surface area contributed by atoms with Crippen LogP contribution < -0.4 is 10.1 Å². The first kappa shape index (κ1) is 19.1. The molecule has 4 aromatic rings. The molecule has 0 radical (unpaired) electrons. The second-order valence-electron chi connectivity index (χ2n) is 7.18. The van der Waals surface area contributed by atoms with Crippen LogP contribution >= 0.6 is 11.3 Å².